The summed E-state index contributed by atoms with van der Waals surface area (Å²) >= 11 is 4.96. The number of rotatable bonds is 4. The zero-order chi connectivity index (χ0) is 9.56. The van der Waals surface area contributed by atoms with Gasteiger partial charge in [-0.25, -0.2) is 4.79 Å². The molecule has 0 spiro atoms. The third-order valence-corrected chi connectivity index (χ3v) is 1.37. The highest BCUT2D eigenvalue weighted by Gasteiger charge is 2.03. The van der Waals surface area contributed by atoms with Crippen molar-refractivity contribution in [3.63, 3.8) is 0 Å². The minimum Gasteiger partial charge on any atom is -0.460 e. The van der Waals surface area contributed by atoms with Crippen molar-refractivity contribution in [1.29, 1.82) is 0 Å². The third kappa shape index (κ3) is 5.92. The molecule has 0 amide bonds. The molecule has 1 unspecified atom stereocenters. The van der Waals surface area contributed by atoms with Crippen LogP contribution in [0.1, 0.15) is 20.3 Å². The van der Waals surface area contributed by atoms with Gasteiger partial charge in [-0.3, -0.25) is 4.79 Å². The van der Waals surface area contributed by atoms with E-state index in [1.165, 1.54) is 0 Å². The highest BCUT2D eigenvalue weighted by atomic mass is 35.5. The van der Waals surface area contributed by atoms with E-state index in [9.17, 15) is 9.59 Å². The van der Waals surface area contributed by atoms with Gasteiger partial charge in [0.25, 0.3) is 0 Å². The van der Waals surface area contributed by atoms with E-state index in [1.54, 1.807) is 6.92 Å². The second-order valence-electron chi connectivity index (χ2n) is 2.29. The van der Waals surface area contributed by atoms with E-state index in [4.69, 9.17) is 16.3 Å². The first-order valence-corrected chi connectivity index (χ1v) is 4.02. The third-order valence-electron chi connectivity index (χ3n) is 1.24. The van der Waals surface area contributed by atoms with E-state index in [2.05, 4.69) is 0 Å². The lowest BCUT2D eigenvalue weighted by Crippen LogP contribution is -2.11. The Morgan fingerprint density at radius 2 is 2.08 bits per heavy atom. The molecule has 0 N–H and O–H groups in total. The fraction of sp³-hybridized carbons (Fsp3) is 0.500. The summed E-state index contributed by atoms with van der Waals surface area (Å²) in [6.07, 6.45) is 2.59. The largest absolute Gasteiger partial charge is 0.460 e. The minimum absolute atomic E-state index is 0.132. The average molecular weight is 191 g/mol. The van der Waals surface area contributed by atoms with Crippen molar-refractivity contribution >= 4 is 22.8 Å². The summed E-state index contributed by atoms with van der Waals surface area (Å²) in [6, 6.07) is 0. The average Bonchev–Trinajstić information content (AvgIpc) is 2.00. The van der Waals surface area contributed by atoms with Gasteiger partial charge in [0, 0.05) is 12.2 Å². The molecule has 0 saturated heterocycles. The predicted octanol–water partition coefficient (Wildman–Crippen LogP) is 1.65. The Morgan fingerprint density at radius 1 is 1.50 bits per heavy atom. The van der Waals surface area contributed by atoms with Crippen LogP contribution in [0.5, 0.6) is 0 Å². The van der Waals surface area contributed by atoms with E-state index in [-0.39, 0.29) is 6.10 Å². The smallest absolute Gasteiger partial charge is 0.331 e. The molecular weight excluding hydrogens is 180 g/mol. The molecule has 0 aliphatic heterocycles. The van der Waals surface area contributed by atoms with Crippen molar-refractivity contribution in [2.75, 3.05) is 0 Å². The summed E-state index contributed by atoms with van der Waals surface area (Å²) in [5, 5.41) is -0.684. The fourth-order valence-electron chi connectivity index (χ4n) is 0.454. The molecule has 0 rings (SSSR count). The lowest BCUT2D eigenvalue weighted by Gasteiger charge is -2.07. The maximum absolute atomic E-state index is 10.8. The number of allylic oxidation sites excluding steroid dienone is 1. The Morgan fingerprint density at radius 3 is 2.50 bits per heavy atom. The fourth-order valence-corrected chi connectivity index (χ4v) is 0.517. The maximum Gasteiger partial charge on any atom is 0.331 e. The molecule has 1 atom stereocenters. The number of hydrogen-bond donors (Lipinski definition) is 0. The summed E-state index contributed by atoms with van der Waals surface area (Å²) < 4.78 is 4.81. The molecule has 0 aliphatic carbocycles. The van der Waals surface area contributed by atoms with Crippen molar-refractivity contribution in [2.45, 2.75) is 26.4 Å². The Balaban J connectivity index is 3.81. The van der Waals surface area contributed by atoms with Gasteiger partial charge < -0.3 is 4.74 Å². The molecule has 0 heterocycles. The Labute approximate surface area is 76.3 Å². The van der Waals surface area contributed by atoms with Crippen LogP contribution >= 0.6 is 11.6 Å². The standard InChI is InChI=1S/C8H11ClO3/c1-3-6(2)12-8(11)5-4-7(9)10/h4-6H,3H2,1-2H3. The second-order valence-corrected chi connectivity index (χ2v) is 2.67. The van der Waals surface area contributed by atoms with Gasteiger partial charge in [0.1, 0.15) is 0 Å². The van der Waals surface area contributed by atoms with E-state index >= 15 is 0 Å². The molecule has 0 radical (unpaired) electrons. The summed E-state index contributed by atoms with van der Waals surface area (Å²) in [6.45, 7) is 3.67. The highest BCUT2D eigenvalue weighted by molar-refractivity contribution is 6.66. The van der Waals surface area contributed by atoms with Gasteiger partial charge in [-0.05, 0) is 24.9 Å². The molecule has 0 saturated carbocycles. The normalized spacial score (nSPS) is 12.9. The van der Waals surface area contributed by atoms with Crippen LogP contribution in [-0.4, -0.2) is 17.3 Å². The van der Waals surface area contributed by atoms with Crippen LogP contribution in [0.2, 0.25) is 0 Å². The van der Waals surface area contributed by atoms with Crippen molar-refractivity contribution in [1.82, 2.24) is 0 Å². The van der Waals surface area contributed by atoms with Crippen LogP contribution in [-0.2, 0) is 14.3 Å². The summed E-state index contributed by atoms with van der Waals surface area (Å²) in [4.78, 5) is 21.0. The number of carbonyl (C=O) groups excluding carboxylic acids is 2. The highest BCUT2D eigenvalue weighted by Crippen LogP contribution is 1.97. The number of hydrogen-bond acceptors (Lipinski definition) is 3. The summed E-state index contributed by atoms with van der Waals surface area (Å²) in [5.74, 6) is -0.543. The van der Waals surface area contributed by atoms with Gasteiger partial charge in [0.15, 0.2) is 0 Å². The van der Waals surface area contributed by atoms with Crippen molar-refractivity contribution < 1.29 is 14.3 Å². The van der Waals surface area contributed by atoms with Gasteiger partial charge in [-0.1, -0.05) is 6.92 Å². The molecule has 0 fully saturated rings. The first-order valence-electron chi connectivity index (χ1n) is 3.64. The first kappa shape index (κ1) is 11.2. The van der Waals surface area contributed by atoms with Gasteiger partial charge in [0.05, 0.1) is 6.10 Å². The van der Waals surface area contributed by atoms with Gasteiger partial charge in [-0.2, -0.15) is 0 Å². The predicted molar refractivity (Wildman–Crippen MR) is 45.8 cm³/mol. The molecule has 0 aromatic carbocycles. The number of ether oxygens (including phenoxy) is 1. The van der Waals surface area contributed by atoms with Gasteiger partial charge in [0.2, 0.25) is 5.24 Å². The van der Waals surface area contributed by atoms with E-state index in [0.717, 1.165) is 18.6 Å². The van der Waals surface area contributed by atoms with E-state index in [1.807, 2.05) is 6.92 Å². The van der Waals surface area contributed by atoms with Crippen LogP contribution in [0.4, 0.5) is 0 Å². The van der Waals surface area contributed by atoms with Crippen LogP contribution in [0.3, 0.4) is 0 Å². The molecular formula is C8H11ClO3. The lowest BCUT2D eigenvalue weighted by molar-refractivity contribution is -0.142. The van der Waals surface area contributed by atoms with Crippen molar-refractivity contribution in [3.8, 4) is 0 Å². The van der Waals surface area contributed by atoms with E-state index in [0.29, 0.717) is 0 Å². The monoisotopic (exact) mass is 190 g/mol. The molecule has 0 bridgehead atoms. The molecule has 4 heteroatoms. The first-order chi connectivity index (χ1) is 5.56. The lowest BCUT2D eigenvalue weighted by atomic mass is 10.3. The molecule has 0 aromatic heterocycles. The summed E-state index contributed by atoms with van der Waals surface area (Å²) in [5.41, 5.74) is 0. The van der Waals surface area contributed by atoms with Crippen molar-refractivity contribution in [2.24, 2.45) is 0 Å². The summed E-state index contributed by atoms with van der Waals surface area (Å²) in [7, 11) is 0. The Kier molecular flexibility index (Phi) is 5.37. The van der Waals surface area contributed by atoms with Crippen LogP contribution in [0, 0.1) is 0 Å². The van der Waals surface area contributed by atoms with Crippen LogP contribution in [0.15, 0.2) is 12.2 Å². The van der Waals surface area contributed by atoms with Gasteiger partial charge in [-0.15, -0.1) is 0 Å². The zero-order valence-corrected chi connectivity index (χ0v) is 7.80. The number of carbonyl (C=O) groups is 2. The van der Waals surface area contributed by atoms with Crippen LogP contribution in [0.25, 0.3) is 0 Å². The molecule has 12 heavy (non-hydrogen) atoms. The maximum atomic E-state index is 10.8. The molecule has 0 aliphatic rings. The molecule has 68 valence electrons. The van der Waals surface area contributed by atoms with E-state index < -0.39 is 11.2 Å². The topological polar surface area (TPSA) is 43.4 Å². The second kappa shape index (κ2) is 5.77. The van der Waals surface area contributed by atoms with Gasteiger partial charge >= 0.3 is 5.97 Å². The minimum atomic E-state index is -0.684. The Hall–Kier alpha value is -0.830. The number of esters is 1. The molecule has 3 nitrogen and oxygen atoms in total. The zero-order valence-electron chi connectivity index (χ0n) is 7.04. The SMILES string of the molecule is CCC(C)OC(=O)C=CC(=O)Cl. The molecule has 0 aromatic rings. The Bertz CT molecular complexity index is 198. The quantitative estimate of drug-likeness (QED) is 0.385. The van der Waals surface area contributed by atoms with Crippen LogP contribution < -0.4 is 0 Å². The number of halogens is 1. The van der Waals surface area contributed by atoms with Crippen molar-refractivity contribution in [3.05, 3.63) is 12.2 Å².